The van der Waals surface area contributed by atoms with Gasteiger partial charge in [0.15, 0.2) is 0 Å². The fraction of sp³-hybridized carbons (Fsp3) is 0.143. The van der Waals surface area contributed by atoms with Crippen molar-refractivity contribution in [2.45, 2.75) is 12.9 Å². The molecule has 0 aliphatic carbocycles. The lowest BCUT2D eigenvalue weighted by molar-refractivity contribution is -0.274. The van der Waals surface area contributed by atoms with E-state index in [9.17, 15) is 17.6 Å². The molecule has 0 saturated carbocycles. The van der Waals surface area contributed by atoms with Gasteiger partial charge < -0.3 is 10.1 Å². The molecule has 2 nitrogen and oxygen atoms in total. The number of para-hydroxylation sites is 1. The van der Waals surface area contributed by atoms with Crippen molar-refractivity contribution in [1.82, 2.24) is 0 Å². The zero-order chi connectivity index (χ0) is 15.5. The lowest BCUT2D eigenvalue weighted by atomic mass is 10.2. The predicted molar refractivity (Wildman–Crippen MR) is 74.6 cm³/mol. The van der Waals surface area contributed by atoms with Gasteiger partial charge in [0.1, 0.15) is 11.6 Å². The summed E-state index contributed by atoms with van der Waals surface area (Å²) < 4.78 is 53.8. The van der Waals surface area contributed by atoms with Gasteiger partial charge in [-0.2, -0.15) is 0 Å². The van der Waals surface area contributed by atoms with Gasteiger partial charge in [-0.05, 0) is 45.8 Å². The van der Waals surface area contributed by atoms with Gasteiger partial charge in [-0.15, -0.1) is 13.2 Å². The summed E-state index contributed by atoms with van der Waals surface area (Å²) in [5, 5.41) is 2.87. The molecule has 0 aromatic heterocycles. The Morgan fingerprint density at radius 3 is 2.43 bits per heavy atom. The molecule has 0 aliphatic rings. The molecule has 21 heavy (non-hydrogen) atoms. The van der Waals surface area contributed by atoms with Crippen LogP contribution in [-0.2, 0) is 6.54 Å². The number of nitrogens with one attached hydrogen (secondary N) is 1. The fourth-order valence-electron chi connectivity index (χ4n) is 1.66. The second-order valence-electron chi connectivity index (χ2n) is 4.15. The summed E-state index contributed by atoms with van der Waals surface area (Å²) >= 11 is 3.01. The van der Waals surface area contributed by atoms with E-state index in [0.29, 0.717) is 11.3 Å². The first-order valence-electron chi connectivity index (χ1n) is 5.88. The molecule has 0 amide bonds. The van der Waals surface area contributed by atoms with E-state index in [1.807, 2.05) is 0 Å². The molecule has 0 unspecified atom stereocenters. The van der Waals surface area contributed by atoms with E-state index in [1.165, 1.54) is 24.3 Å². The summed E-state index contributed by atoms with van der Waals surface area (Å²) in [5.74, 6) is -0.717. The van der Waals surface area contributed by atoms with E-state index in [2.05, 4.69) is 26.0 Å². The second-order valence-corrected chi connectivity index (χ2v) is 5.00. The molecule has 2 aromatic carbocycles. The van der Waals surface area contributed by atoms with Crippen molar-refractivity contribution in [3.63, 3.8) is 0 Å². The van der Waals surface area contributed by atoms with Crippen LogP contribution >= 0.6 is 15.9 Å². The first kappa shape index (κ1) is 15.6. The predicted octanol–water partition coefficient (Wildman–Crippen LogP) is 5.10. The van der Waals surface area contributed by atoms with Gasteiger partial charge in [-0.1, -0.05) is 18.2 Å². The minimum Gasteiger partial charge on any atom is -0.405 e. The Balaban J connectivity index is 2.05. The Bertz CT molecular complexity index is 631. The highest BCUT2D eigenvalue weighted by molar-refractivity contribution is 9.10. The molecule has 0 aliphatic heterocycles. The molecule has 0 spiro atoms. The number of hydrogen-bond acceptors (Lipinski definition) is 2. The standard InChI is InChI=1S/C14H10BrF4NO/c15-10-7-9(5-6-13(10)21-14(17,18)19)8-20-12-4-2-1-3-11(12)16/h1-7,20H,8H2. The molecular formula is C14H10BrF4NO. The molecule has 0 radical (unpaired) electrons. The number of rotatable bonds is 4. The van der Waals surface area contributed by atoms with Crippen molar-refractivity contribution in [2.24, 2.45) is 0 Å². The first-order valence-corrected chi connectivity index (χ1v) is 6.67. The Kier molecular flexibility index (Phi) is 4.72. The van der Waals surface area contributed by atoms with Crippen LogP contribution in [0, 0.1) is 5.82 Å². The molecule has 0 atom stereocenters. The zero-order valence-electron chi connectivity index (χ0n) is 10.5. The third-order valence-electron chi connectivity index (χ3n) is 2.58. The number of ether oxygens (including phenoxy) is 1. The molecule has 0 bridgehead atoms. The monoisotopic (exact) mass is 363 g/mol. The summed E-state index contributed by atoms with van der Waals surface area (Å²) in [6.07, 6.45) is -4.74. The van der Waals surface area contributed by atoms with Crippen molar-refractivity contribution in [1.29, 1.82) is 0 Å². The van der Waals surface area contributed by atoms with Gasteiger partial charge in [0.05, 0.1) is 10.2 Å². The molecule has 7 heteroatoms. The first-order chi connectivity index (χ1) is 9.85. The highest BCUT2D eigenvalue weighted by Crippen LogP contribution is 2.31. The van der Waals surface area contributed by atoms with Crippen molar-refractivity contribution in [3.8, 4) is 5.75 Å². The van der Waals surface area contributed by atoms with Crippen molar-refractivity contribution < 1.29 is 22.3 Å². The minimum atomic E-state index is -4.74. The summed E-state index contributed by atoms with van der Waals surface area (Å²) in [6.45, 7) is 0.270. The molecule has 0 saturated heterocycles. The van der Waals surface area contributed by atoms with E-state index >= 15 is 0 Å². The third-order valence-corrected chi connectivity index (χ3v) is 3.20. The van der Waals surface area contributed by atoms with Crippen LogP contribution in [0.25, 0.3) is 0 Å². The zero-order valence-corrected chi connectivity index (χ0v) is 12.1. The van der Waals surface area contributed by atoms with E-state index in [-0.39, 0.29) is 16.8 Å². The molecule has 0 fully saturated rings. The number of hydrogen-bond donors (Lipinski definition) is 1. The largest absolute Gasteiger partial charge is 0.573 e. The average Bonchev–Trinajstić information content (AvgIpc) is 2.39. The Morgan fingerprint density at radius 1 is 1.10 bits per heavy atom. The summed E-state index contributed by atoms with van der Waals surface area (Å²) in [4.78, 5) is 0. The second kappa shape index (κ2) is 6.34. The van der Waals surface area contributed by atoms with Gasteiger partial charge in [0.25, 0.3) is 0 Å². The Morgan fingerprint density at radius 2 is 1.81 bits per heavy atom. The lowest BCUT2D eigenvalue weighted by Gasteiger charge is -2.12. The fourth-order valence-corrected chi connectivity index (χ4v) is 2.17. The van der Waals surface area contributed by atoms with Gasteiger partial charge >= 0.3 is 6.36 Å². The van der Waals surface area contributed by atoms with Crippen molar-refractivity contribution in [2.75, 3.05) is 5.32 Å². The van der Waals surface area contributed by atoms with E-state index in [1.54, 1.807) is 18.2 Å². The van der Waals surface area contributed by atoms with Gasteiger partial charge in [-0.3, -0.25) is 0 Å². The summed E-state index contributed by atoms with van der Waals surface area (Å²) in [6, 6.07) is 10.3. The maximum atomic E-state index is 13.4. The molecule has 112 valence electrons. The van der Waals surface area contributed by atoms with Crippen LogP contribution in [0.4, 0.5) is 23.2 Å². The van der Waals surface area contributed by atoms with Crippen LogP contribution in [0.1, 0.15) is 5.56 Å². The van der Waals surface area contributed by atoms with Gasteiger partial charge in [0, 0.05) is 6.54 Å². The van der Waals surface area contributed by atoms with Gasteiger partial charge in [-0.25, -0.2) is 4.39 Å². The highest BCUT2D eigenvalue weighted by Gasteiger charge is 2.31. The van der Waals surface area contributed by atoms with E-state index in [0.717, 1.165) is 0 Å². The SMILES string of the molecule is Fc1ccccc1NCc1ccc(OC(F)(F)F)c(Br)c1. The van der Waals surface area contributed by atoms with Crippen LogP contribution in [-0.4, -0.2) is 6.36 Å². The quantitative estimate of drug-likeness (QED) is 0.763. The Hall–Kier alpha value is -1.76. The van der Waals surface area contributed by atoms with Crippen LogP contribution in [0.3, 0.4) is 0 Å². The number of alkyl halides is 3. The Labute approximate surface area is 126 Å². The summed E-state index contributed by atoms with van der Waals surface area (Å²) in [7, 11) is 0. The normalized spacial score (nSPS) is 11.3. The topological polar surface area (TPSA) is 21.3 Å². The highest BCUT2D eigenvalue weighted by atomic mass is 79.9. The maximum Gasteiger partial charge on any atom is 0.573 e. The lowest BCUT2D eigenvalue weighted by Crippen LogP contribution is -2.17. The number of benzene rings is 2. The number of anilines is 1. The van der Waals surface area contributed by atoms with Crippen molar-refractivity contribution >= 4 is 21.6 Å². The third kappa shape index (κ3) is 4.63. The van der Waals surface area contributed by atoms with Crippen LogP contribution in [0.15, 0.2) is 46.9 Å². The van der Waals surface area contributed by atoms with E-state index < -0.39 is 12.2 Å². The maximum absolute atomic E-state index is 13.4. The van der Waals surface area contributed by atoms with E-state index in [4.69, 9.17) is 0 Å². The smallest absolute Gasteiger partial charge is 0.405 e. The molecule has 0 heterocycles. The van der Waals surface area contributed by atoms with Crippen LogP contribution in [0.5, 0.6) is 5.75 Å². The molecule has 2 rings (SSSR count). The minimum absolute atomic E-state index is 0.174. The van der Waals surface area contributed by atoms with Crippen molar-refractivity contribution in [3.05, 3.63) is 58.3 Å². The van der Waals surface area contributed by atoms with Crippen LogP contribution in [0.2, 0.25) is 0 Å². The van der Waals surface area contributed by atoms with Gasteiger partial charge in [0.2, 0.25) is 0 Å². The van der Waals surface area contributed by atoms with Crippen LogP contribution < -0.4 is 10.1 Å². The average molecular weight is 364 g/mol. The molecule has 1 N–H and O–H groups in total. The molecular weight excluding hydrogens is 354 g/mol. The summed E-state index contributed by atoms with van der Waals surface area (Å²) in [5.41, 5.74) is 1.00. The number of halogens is 5. The molecule has 2 aromatic rings.